The summed E-state index contributed by atoms with van der Waals surface area (Å²) in [6, 6.07) is 0. The zero-order valence-electron chi connectivity index (χ0n) is 7.89. The van der Waals surface area contributed by atoms with Crippen molar-refractivity contribution in [3.63, 3.8) is 0 Å². The number of amides is 1. The van der Waals surface area contributed by atoms with E-state index in [1.165, 1.54) is 0 Å². The Hall–Kier alpha value is -1.08. The lowest BCUT2D eigenvalue weighted by Crippen LogP contribution is -2.46. The third-order valence-corrected chi connectivity index (χ3v) is 2.89. The number of nitrogens with zero attached hydrogens (tertiary/aromatic N) is 1. The van der Waals surface area contributed by atoms with Crippen molar-refractivity contribution in [1.82, 2.24) is 10.6 Å². The van der Waals surface area contributed by atoms with Gasteiger partial charge in [0.15, 0.2) is 6.19 Å². The molecule has 4 nitrogen and oxygen atoms in total. The minimum absolute atomic E-state index is 0.112. The van der Waals surface area contributed by atoms with E-state index in [4.69, 9.17) is 5.26 Å². The quantitative estimate of drug-likeness (QED) is 0.477. The monoisotopic (exact) mass is 181 g/mol. The fraction of sp³-hybridized carbons (Fsp3) is 0.778. The van der Waals surface area contributed by atoms with Gasteiger partial charge in [-0.15, -0.1) is 0 Å². The third-order valence-electron chi connectivity index (χ3n) is 2.89. The molecule has 0 aromatic heterocycles. The predicted molar refractivity (Wildman–Crippen MR) is 48.6 cm³/mol. The number of nitriles is 1. The molecule has 4 heteroatoms. The van der Waals surface area contributed by atoms with Gasteiger partial charge in [-0.3, -0.25) is 10.1 Å². The largest absolute Gasteiger partial charge is 0.317 e. The molecule has 1 rings (SSSR count). The Labute approximate surface area is 78.3 Å². The van der Waals surface area contributed by atoms with Gasteiger partial charge in [0.1, 0.15) is 0 Å². The van der Waals surface area contributed by atoms with Gasteiger partial charge in [0.25, 0.3) is 0 Å². The van der Waals surface area contributed by atoms with Crippen molar-refractivity contribution in [3.8, 4) is 6.19 Å². The van der Waals surface area contributed by atoms with Crippen LogP contribution in [0.25, 0.3) is 0 Å². The highest BCUT2D eigenvalue weighted by Crippen LogP contribution is 2.32. The van der Waals surface area contributed by atoms with Crippen molar-refractivity contribution < 1.29 is 4.79 Å². The number of carbonyl (C=O) groups excluding carboxylic acids is 1. The SMILES string of the molecule is CCC1(C(=O)NC#N)CCNCC1. The number of hydrogen-bond acceptors (Lipinski definition) is 3. The van der Waals surface area contributed by atoms with E-state index in [-0.39, 0.29) is 11.3 Å². The van der Waals surface area contributed by atoms with Gasteiger partial charge in [-0.1, -0.05) is 6.92 Å². The van der Waals surface area contributed by atoms with E-state index in [1.54, 1.807) is 6.19 Å². The van der Waals surface area contributed by atoms with Gasteiger partial charge in [0.2, 0.25) is 5.91 Å². The zero-order chi connectivity index (χ0) is 9.73. The maximum Gasteiger partial charge on any atom is 0.239 e. The lowest BCUT2D eigenvalue weighted by atomic mass is 9.76. The molecule has 1 aliphatic rings. The molecule has 0 unspecified atom stereocenters. The van der Waals surface area contributed by atoms with Gasteiger partial charge in [0.05, 0.1) is 5.41 Å². The first-order chi connectivity index (χ1) is 6.25. The summed E-state index contributed by atoms with van der Waals surface area (Å²) < 4.78 is 0. The summed E-state index contributed by atoms with van der Waals surface area (Å²) in [7, 11) is 0. The second-order valence-corrected chi connectivity index (χ2v) is 3.45. The maximum absolute atomic E-state index is 11.6. The number of hydrogen-bond donors (Lipinski definition) is 2. The second kappa shape index (κ2) is 4.24. The van der Waals surface area contributed by atoms with Gasteiger partial charge in [0, 0.05) is 0 Å². The van der Waals surface area contributed by atoms with Crippen LogP contribution in [0.2, 0.25) is 0 Å². The maximum atomic E-state index is 11.6. The molecular weight excluding hydrogens is 166 g/mol. The average Bonchev–Trinajstić information content (AvgIpc) is 2.19. The van der Waals surface area contributed by atoms with Crippen molar-refractivity contribution >= 4 is 5.91 Å². The van der Waals surface area contributed by atoms with Crippen LogP contribution in [0.1, 0.15) is 26.2 Å². The van der Waals surface area contributed by atoms with Crippen LogP contribution in [0.15, 0.2) is 0 Å². The van der Waals surface area contributed by atoms with E-state index in [0.717, 1.165) is 32.4 Å². The highest BCUT2D eigenvalue weighted by atomic mass is 16.2. The van der Waals surface area contributed by atoms with E-state index in [2.05, 4.69) is 10.6 Å². The minimum Gasteiger partial charge on any atom is -0.317 e. The lowest BCUT2D eigenvalue weighted by Gasteiger charge is -2.34. The van der Waals surface area contributed by atoms with E-state index in [1.807, 2.05) is 6.92 Å². The van der Waals surface area contributed by atoms with Gasteiger partial charge in [-0.2, -0.15) is 5.26 Å². The van der Waals surface area contributed by atoms with E-state index >= 15 is 0 Å². The summed E-state index contributed by atoms with van der Waals surface area (Å²) in [5.74, 6) is -0.112. The fourth-order valence-corrected chi connectivity index (χ4v) is 1.83. The van der Waals surface area contributed by atoms with E-state index in [0.29, 0.717) is 0 Å². The van der Waals surface area contributed by atoms with Crippen LogP contribution in [0.5, 0.6) is 0 Å². The van der Waals surface area contributed by atoms with E-state index < -0.39 is 0 Å². The number of carbonyl (C=O) groups is 1. The van der Waals surface area contributed by atoms with Crippen LogP contribution >= 0.6 is 0 Å². The van der Waals surface area contributed by atoms with Crippen LogP contribution in [0.3, 0.4) is 0 Å². The second-order valence-electron chi connectivity index (χ2n) is 3.45. The lowest BCUT2D eigenvalue weighted by molar-refractivity contribution is -0.131. The van der Waals surface area contributed by atoms with Crippen LogP contribution < -0.4 is 10.6 Å². The smallest absolute Gasteiger partial charge is 0.239 e. The molecule has 1 aliphatic heterocycles. The number of rotatable bonds is 2. The minimum atomic E-state index is -0.305. The Kier molecular flexibility index (Phi) is 3.26. The average molecular weight is 181 g/mol. The fourth-order valence-electron chi connectivity index (χ4n) is 1.83. The molecule has 0 aromatic rings. The molecule has 0 saturated carbocycles. The van der Waals surface area contributed by atoms with Crippen LogP contribution in [-0.2, 0) is 4.79 Å². The van der Waals surface area contributed by atoms with Crippen molar-refractivity contribution in [2.75, 3.05) is 13.1 Å². The summed E-state index contributed by atoms with van der Waals surface area (Å²) in [4.78, 5) is 11.6. The van der Waals surface area contributed by atoms with Crippen LogP contribution in [-0.4, -0.2) is 19.0 Å². The molecule has 1 fully saturated rings. The molecule has 13 heavy (non-hydrogen) atoms. The Balaban J connectivity index is 2.67. The molecule has 1 heterocycles. The van der Waals surface area contributed by atoms with Crippen LogP contribution in [0, 0.1) is 16.9 Å². The number of piperidine rings is 1. The normalized spacial score (nSPS) is 20.3. The summed E-state index contributed by atoms with van der Waals surface area (Å²) in [5.41, 5.74) is -0.305. The summed E-state index contributed by atoms with van der Waals surface area (Å²) in [6.07, 6.45) is 4.17. The first-order valence-electron chi connectivity index (χ1n) is 4.65. The summed E-state index contributed by atoms with van der Waals surface area (Å²) >= 11 is 0. The Morgan fingerprint density at radius 3 is 2.69 bits per heavy atom. The van der Waals surface area contributed by atoms with Crippen molar-refractivity contribution in [2.24, 2.45) is 5.41 Å². The predicted octanol–water partition coefficient (Wildman–Crippen LogP) is 0.363. The molecule has 2 N–H and O–H groups in total. The first kappa shape index (κ1) is 10.0. The molecule has 0 atom stereocenters. The highest BCUT2D eigenvalue weighted by Gasteiger charge is 2.37. The highest BCUT2D eigenvalue weighted by molar-refractivity contribution is 5.83. The molecule has 0 radical (unpaired) electrons. The van der Waals surface area contributed by atoms with E-state index in [9.17, 15) is 4.79 Å². The molecule has 0 bridgehead atoms. The first-order valence-corrected chi connectivity index (χ1v) is 4.65. The van der Waals surface area contributed by atoms with Gasteiger partial charge >= 0.3 is 0 Å². The number of nitrogens with one attached hydrogen (secondary N) is 2. The standard InChI is InChI=1S/C9H15N3O/c1-2-9(8(13)12-7-10)3-5-11-6-4-9/h11H,2-6H2,1H3,(H,12,13). The molecule has 1 amide bonds. The zero-order valence-corrected chi connectivity index (χ0v) is 7.89. The topological polar surface area (TPSA) is 64.9 Å². The summed E-state index contributed by atoms with van der Waals surface area (Å²) in [6.45, 7) is 3.74. The molecular formula is C9H15N3O. The Morgan fingerprint density at radius 2 is 2.23 bits per heavy atom. The molecule has 0 spiro atoms. The Bertz CT molecular complexity index is 226. The van der Waals surface area contributed by atoms with Gasteiger partial charge in [-0.25, -0.2) is 0 Å². The van der Waals surface area contributed by atoms with Crippen molar-refractivity contribution in [1.29, 1.82) is 5.26 Å². The molecule has 72 valence electrons. The van der Waals surface area contributed by atoms with Gasteiger partial charge in [-0.05, 0) is 32.4 Å². The molecule has 0 aliphatic carbocycles. The summed E-state index contributed by atoms with van der Waals surface area (Å²) in [5, 5.41) is 13.8. The Morgan fingerprint density at radius 1 is 1.62 bits per heavy atom. The molecule has 1 saturated heterocycles. The molecule has 0 aromatic carbocycles. The van der Waals surface area contributed by atoms with Crippen molar-refractivity contribution in [3.05, 3.63) is 0 Å². The third kappa shape index (κ3) is 1.99. The van der Waals surface area contributed by atoms with Gasteiger partial charge < -0.3 is 5.32 Å². The van der Waals surface area contributed by atoms with Crippen molar-refractivity contribution in [2.45, 2.75) is 26.2 Å². The van der Waals surface area contributed by atoms with Crippen LogP contribution in [0.4, 0.5) is 0 Å².